The van der Waals surface area contributed by atoms with Crippen molar-refractivity contribution in [3.63, 3.8) is 0 Å². The van der Waals surface area contributed by atoms with Crippen LogP contribution in [-0.2, 0) is 11.3 Å². The molecule has 1 heterocycles. The van der Waals surface area contributed by atoms with Gasteiger partial charge in [0, 0.05) is 18.7 Å². The van der Waals surface area contributed by atoms with Gasteiger partial charge in [0.2, 0.25) is 5.76 Å². The van der Waals surface area contributed by atoms with Gasteiger partial charge in [0.1, 0.15) is 5.69 Å². The average Bonchev–Trinajstić information content (AvgIpc) is 2.79. The molecule has 6 heteroatoms. The van der Waals surface area contributed by atoms with Crippen molar-refractivity contribution >= 4 is 17.6 Å². The van der Waals surface area contributed by atoms with E-state index >= 15 is 0 Å². The minimum Gasteiger partial charge on any atom is -0.475 e. The summed E-state index contributed by atoms with van der Waals surface area (Å²) in [5, 5.41) is 13.0. The van der Waals surface area contributed by atoms with Crippen molar-refractivity contribution < 1.29 is 19.2 Å². The van der Waals surface area contributed by atoms with Gasteiger partial charge in [0.05, 0.1) is 11.6 Å². The molecule has 0 spiro atoms. The Hall–Kier alpha value is -1.85. The summed E-state index contributed by atoms with van der Waals surface area (Å²) in [6, 6.07) is 6.66. The Kier molecular flexibility index (Phi) is 3.64. The van der Waals surface area contributed by atoms with Crippen LogP contribution in [0.15, 0.2) is 28.8 Å². The molecule has 0 aliphatic heterocycles. The lowest BCUT2D eigenvalue weighted by Crippen LogP contribution is -1.94. The predicted molar refractivity (Wildman–Crippen MR) is 64.6 cm³/mol. The van der Waals surface area contributed by atoms with Gasteiger partial charge in [0.15, 0.2) is 0 Å². The fourth-order valence-electron chi connectivity index (χ4n) is 1.63. The third-order valence-electron chi connectivity index (χ3n) is 2.38. The highest BCUT2D eigenvalue weighted by atomic mass is 35.5. The molecule has 18 heavy (non-hydrogen) atoms. The Morgan fingerprint density at radius 2 is 2.33 bits per heavy atom. The second-order valence-corrected chi connectivity index (χ2v) is 4.00. The zero-order valence-corrected chi connectivity index (χ0v) is 10.3. The monoisotopic (exact) mass is 267 g/mol. The maximum atomic E-state index is 10.7. The summed E-state index contributed by atoms with van der Waals surface area (Å²) >= 11 is 6.10. The number of nitrogens with zero attached hydrogens (tertiary/aromatic N) is 1. The number of carbonyl (C=O) groups is 1. The minimum absolute atomic E-state index is 0.228. The van der Waals surface area contributed by atoms with Gasteiger partial charge in [-0.2, -0.15) is 0 Å². The Morgan fingerprint density at radius 1 is 1.56 bits per heavy atom. The first-order chi connectivity index (χ1) is 8.63. The zero-order chi connectivity index (χ0) is 13.1. The van der Waals surface area contributed by atoms with Crippen LogP contribution < -0.4 is 0 Å². The first kappa shape index (κ1) is 12.6. The van der Waals surface area contributed by atoms with E-state index in [0.717, 1.165) is 5.56 Å². The van der Waals surface area contributed by atoms with E-state index in [1.165, 1.54) is 6.07 Å². The average molecular weight is 268 g/mol. The molecule has 0 fully saturated rings. The SMILES string of the molecule is COCc1cccc(Cl)c1-c1cc(C(=O)O)on1. The van der Waals surface area contributed by atoms with Crippen molar-refractivity contribution in [2.24, 2.45) is 0 Å². The molecular weight excluding hydrogens is 258 g/mol. The molecule has 0 atom stereocenters. The van der Waals surface area contributed by atoms with Crippen molar-refractivity contribution in [3.8, 4) is 11.3 Å². The molecule has 94 valence electrons. The van der Waals surface area contributed by atoms with E-state index in [-0.39, 0.29) is 5.76 Å². The van der Waals surface area contributed by atoms with E-state index in [0.29, 0.717) is 22.9 Å². The molecule has 0 saturated heterocycles. The van der Waals surface area contributed by atoms with Gasteiger partial charge in [-0.1, -0.05) is 28.9 Å². The van der Waals surface area contributed by atoms with E-state index in [1.54, 1.807) is 19.2 Å². The lowest BCUT2D eigenvalue weighted by Gasteiger charge is -2.07. The van der Waals surface area contributed by atoms with Crippen LogP contribution in [0.3, 0.4) is 0 Å². The molecule has 0 saturated carbocycles. The molecule has 0 amide bonds. The fourth-order valence-corrected chi connectivity index (χ4v) is 1.92. The Labute approximate surface area is 108 Å². The number of hydrogen-bond acceptors (Lipinski definition) is 4. The Balaban J connectivity index is 2.51. The highest BCUT2D eigenvalue weighted by molar-refractivity contribution is 6.33. The summed E-state index contributed by atoms with van der Waals surface area (Å²) in [5.74, 6) is -1.40. The fraction of sp³-hybridized carbons (Fsp3) is 0.167. The topological polar surface area (TPSA) is 72.6 Å². The summed E-state index contributed by atoms with van der Waals surface area (Å²) in [4.78, 5) is 10.7. The van der Waals surface area contributed by atoms with Crippen LogP contribution in [0.2, 0.25) is 5.02 Å². The number of halogens is 1. The van der Waals surface area contributed by atoms with Gasteiger partial charge in [0.25, 0.3) is 0 Å². The minimum atomic E-state index is -1.17. The zero-order valence-electron chi connectivity index (χ0n) is 9.51. The highest BCUT2D eigenvalue weighted by Crippen LogP contribution is 2.31. The standard InChI is InChI=1S/C12H10ClNO4/c1-17-6-7-3-2-4-8(13)11(7)9-5-10(12(15)16)18-14-9/h2-5H,6H2,1H3,(H,15,16). The number of carboxylic acid groups (broad SMARTS) is 1. The second kappa shape index (κ2) is 5.20. The largest absolute Gasteiger partial charge is 0.475 e. The van der Waals surface area contributed by atoms with Gasteiger partial charge < -0.3 is 14.4 Å². The van der Waals surface area contributed by atoms with Crippen molar-refractivity contribution in [1.29, 1.82) is 0 Å². The molecule has 5 nitrogen and oxygen atoms in total. The van der Waals surface area contributed by atoms with Crippen molar-refractivity contribution in [3.05, 3.63) is 40.6 Å². The maximum absolute atomic E-state index is 10.7. The van der Waals surface area contributed by atoms with Crippen LogP contribution >= 0.6 is 11.6 Å². The molecular formula is C12H10ClNO4. The number of rotatable bonds is 4. The van der Waals surface area contributed by atoms with Gasteiger partial charge >= 0.3 is 5.97 Å². The number of aromatic carboxylic acids is 1. The van der Waals surface area contributed by atoms with E-state index in [9.17, 15) is 4.79 Å². The van der Waals surface area contributed by atoms with Crippen LogP contribution in [0.1, 0.15) is 16.1 Å². The van der Waals surface area contributed by atoms with Crippen LogP contribution in [0, 0.1) is 0 Å². The molecule has 2 rings (SSSR count). The smallest absolute Gasteiger partial charge is 0.374 e. The normalized spacial score (nSPS) is 10.6. The summed E-state index contributed by atoms with van der Waals surface area (Å²) in [6.45, 7) is 0.352. The molecule has 0 aliphatic carbocycles. The molecule has 0 radical (unpaired) electrons. The molecule has 0 aliphatic rings. The van der Waals surface area contributed by atoms with E-state index in [2.05, 4.69) is 5.16 Å². The number of methoxy groups -OCH3 is 1. The van der Waals surface area contributed by atoms with Crippen LogP contribution in [0.4, 0.5) is 0 Å². The molecule has 0 bridgehead atoms. The second-order valence-electron chi connectivity index (χ2n) is 3.59. The summed E-state index contributed by atoms with van der Waals surface area (Å²) in [5.41, 5.74) is 1.82. The van der Waals surface area contributed by atoms with E-state index in [1.807, 2.05) is 6.07 Å². The van der Waals surface area contributed by atoms with Gasteiger partial charge in [-0.3, -0.25) is 0 Å². The molecule has 2 aromatic rings. The lowest BCUT2D eigenvalue weighted by molar-refractivity contribution is 0.0652. The molecule has 0 unspecified atom stereocenters. The van der Waals surface area contributed by atoms with Crippen LogP contribution in [0.25, 0.3) is 11.3 Å². The van der Waals surface area contributed by atoms with Crippen molar-refractivity contribution in [2.75, 3.05) is 7.11 Å². The lowest BCUT2D eigenvalue weighted by atomic mass is 10.0. The predicted octanol–water partition coefficient (Wildman–Crippen LogP) is 2.84. The number of aromatic nitrogens is 1. The Bertz CT molecular complexity index is 579. The highest BCUT2D eigenvalue weighted by Gasteiger charge is 2.17. The molecule has 1 N–H and O–H groups in total. The van der Waals surface area contributed by atoms with Gasteiger partial charge in [-0.25, -0.2) is 4.79 Å². The summed E-state index contributed by atoms with van der Waals surface area (Å²) < 4.78 is 9.79. The number of carboxylic acids is 1. The van der Waals surface area contributed by atoms with Crippen molar-refractivity contribution in [1.82, 2.24) is 5.16 Å². The first-order valence-electron chi connectivity index (χ1n) is 5.10. The van der Waals surface area contributed by atoms with E-state index in [4.69, 9.17) is 26.0 Å². The number of hydrogen-bond donors (Lipinski definition) is 1. The first-order valence-corrected chi connectivity index (χ1v) is 5.48. The number of benzene rings is 1. The van der Waals surface area contributed by atoms with E-state index < -0.39 is 5.97 Å². The summed E-state index contributed by atoms with van der Waals surface area (Å²) in [6.07, 6.45) is 0. The third kappa shape index (κ3) is 2.37. The third-order valence-corrected chi connectivity index (χ3v) is 2.69. The molecule has 1 aromatic heterocycles. The maximum Gasteiger partial charge on any atom is 0.374 e. The summed E-state index contributed by atoms with van der Waals surface area (Å²) in [7, 11) is 1.57. The quantitative estimate of drug-likeness (QED) is 0.922. The van der Waals surface area contributed by atoms with Gasteiger partial charge in [-0.15, -0.1) is 0 Å². The number of ether oxygens (including phenoxy) is 1. The Morgan fingerprint density at radius 3 is 2.94 bits per heavy atom. The van der Waals surface area contributed by atoms with Gasteiger partial charge in [-0.05, 0) is 11.6 Å². The molecule has 1 aromatic carbocycles. The van der Waals surface area contributed by atoms with Crippen LogP contribution in [-0.4, -0.2) is 23.3 Å². The van der Waals surface area contributed by atoms with Crippen LogP contribution in [0.5, 0.6) is 0 Å². The van der Waals surface area contributed by atoms with Crippen molar-refractivity contribution in [2.45, 2.75) is 6.61 Å².